The topological polar surface area (TPSA) is 91.0 Å². The number of hydrogen-bond donors (Lipinski definition) is 0. The Balaban J connectivity index is 1.52. The second kappa shape index (κ2) is 10.3. The number of benzene rings is 3. The molecule has 3 aromatic rings. The number of rotatable bonds is 7. The van der Waals surface area contributed by atoms with Crippen LogP contribution in [0.1, 0.15) is 22.3 Å². The maximum atomic E-state index is 12.4. The number of esters is 1. The SMILES string of the molecule is Cc1cc(C2=N/C(=C\c3cc(Br)c(OCCc4ccccc4)c(Br)c3)C(=O)O2)ccc1[N+](=O)[O-]. The largest absolute Gasteiger partial charge is 0.491 e. The molecule has 34 heavy (non-hydrogen) atoms. The molecule has 0 atom stereocenters. The molecule has 7 nitrogen and oxygen atoms in total. The minimum absolute atomic E-state index is 0.00906. The average molecular weight is 586 g/mol. The summed E-state index contributed by atoms with van der Waals surface area (Å²) in [7, 11) is 0. The number of carbonyl (C=O) groups is 1. The molecule has 0 spiro atoms. The van der Waals surface area contributed by atoms with Gasteiger partial charge in [0, 0.05) is 23.6 Å². The van der Waals surface area contributed by atoms with Crippen LogP contribution in [-0.4, -0.2) is 23.4 Å². The molecule has 172 valence electrons. The lowest BCUT2D eigenvalue weighted by Gasteiger charge is -2.11. The predicted octanol–water partition coefficient (Wildman–Crippen LogP) is 6.39. The molecule has 0 aromatic heterocycles. The van der Waals surface area contributed by atoms with Crippen LogP contribution in [0.2, 0.25) is 0 Å². The monoisotopic (exact) mass is 584 g/mol. The molecule has 4 rings (SSSR count). The molecular formula is C25H18Br2N2O5. The number of aliphatic imine (C=N–C) groups is 1. The van der Waals surface area contributed by atoms with Crippen molar-refractivity contribution in [2.45, 2.75) is 13.3 Å². The molecule has 0 bridgehead atoms. The zero-order valence-electron chi connectivity index (χ0n) is 18.0. The molecule has 0 fully saturated rings. The Morgan fingerprint density at radius 3 is 2.44 bits per heavy atom. The first-order valence-corrected chi connectivity index (χ1v) is 11.8. The van der Waals surface area contributed by atoms with Crippen LogP contribution in [0.3, 0.4) is 0 Å². The van der Waals surface area contributed by atoms with Crippen LogP contribution in [0.5, 0.6) is 5.75 Å². The van der Waals surface area contributed by atoms with Gasteiger partial charge in [0.05, 0.1) is 20.5 Å². The van der Waals surface area contributed by atoms with Crippen LogP contribution in [0.25, 0.3) is 6.08 Å². The van der Waals surface area contributed by atoms with Crippen LogP contribution in [-0.2, 0) is 16.0 Å². The molecule has 0 unspecified atom stereocenters. The average Bonchev–Trinajstić information content (AvgIpc) is 3.16. The van der Waals surface area contributed by atoms with Gasteiger partial charge in [-0.05, 0) is 80.3 Å². The van der Waals surface area contributed by atoms with Gasteiger partial charge in [0.15, 0.2) is 5.70 Å². The van der Waals surface area contributed by atoms with E-state index in [0.717, 1.165) is 15.4 Å². The highest BCUT2D eigenvalue weighted by atomic mass is 79.9. The second-order valence-corrected chi connectivity index (χ2v) is 9.20. The second-order valence-electron chi connectivity index (χ2n) is 7.49. The van der Waals surface area contributed by atoms with Crippen molar-refractivity contribution in [2.24, 2.45) is 4.99 Å². The molecule has 0 saturated heterocycles. The number of cyclic esters (lactones) is 1. The number of nitrogens with zero attached hydrogens (tertiary/aromatic N) is 2. The van der Waals surface area contributed by atoms with E-state index < -0.39 is 10.9 Å². The van der Waals surface area contributed by atoms with E-state index in [1.807, 2.05) is 30.3 Å². The number of aryl methyl sites for hydroxylation is 1. The van der Waals surface area contributed by atoms with E-state index in [-0.39, 0.29) is 17.3 Å². The number of carbonyl (C=O) groups excluding carboxylic acids is 1. The summed E-state index contributed by atoms with van der Waals surface area (Å²) in [6.07, 6.45) is 2.38. The first-order chi connectivity index (χ1) is 16.3. The van der Waals surface area contributed by atoms with E-state index in [1.165, 1.54) is 17.7 Å². The Kier molecular flexibility index (Phi) is 7.23. The zero-order chi connectivity index (χ0) is 24.2. The molecule has 0 radical (unpaired) electrons. The number of nitro groups is 1. The molecular weight excluding hydrogens is 568 g/mol. The third-order valence-electron chi connectivity index (χ3n) is 5.06. The summed E-state index contributed by atoms with van der Waals surface area (Å²) in [6.45, 7) is 2.13. The molecule has 0 saturated carbocycles. The van der Waals surface area contributed by atoms with Crippen LogP contribution >= 0.6 is 31.9 Å². The molecule has 1 aliphatic rings. The summed E-state index contributed by atoms with van der Waals surface area (Å²) in [5, 5.41) is 11.0. The summed E-state index contributed by atoms with van der Waals surface area (Å²) < 4.78 is 12.7. The number of ether oxygens (including phenoxy) is 2. The van der Waals surface area contributed by atoms with Gasteiger partial charge in [-0.2, -0.15) is 0 Å². The van der Waals surface area contributed by atoms with Crippen molar-refractivity contribution in [2.75, 3.05) is 6.61 Å². The fourth-order valence-corrected chi connectivity index (χ4v) is 4.85. The fourth-order valence-electron chi connectivity index (χ4n) is 3.40. The summed E-state index contributed by atoms with van der Waals surface area (Å²) in [6, 6.07) is 18.2. The van der Waals surface area contributed by atoms with E-state index in [9.17, 15) is 14.9 Å². The van der Waals surface area contributed by atoms with Gasteiger partial charge >= 0.3 is 5.97 Å². The van der Waals surface area contributed by atoms with Crippen molar-refractivity contribution in [1.82, 2.24) is 0 Å². The zero-order valence-corrected chi connectivity index (χ0v) is 21.1. The van der Waals surface area contributed by atoms with E-state index in [0.29, 0.717) is 29.0 Å². The first kappa shape index (κ1) is 23.8. The normalized spacial score (nSPS) is 14.1. The Morgan fingerprint density at radius 2 is 1.79 bits per heavy atom. The van der Waals surface area contributed by atoms with E-state index in [1.54, 1.807) is 19.1 Å². The van der Waals surface area contributed by atoms with Gasteiger partial charge in [-0.15, -0.1) is 0 Å². The lowest BCUT2D eigenvalue weighted by molar-refractivity contribution is -0.385. The highest BCUT2D eigenvalue weighted by Gasteiger charge is 2.25. The van der Waals surface area contributed by atoms with Crippen molar-refractivity contribution < 1.29 is 19.2 Å². The van der Waals surface area contributed by atoms with Gasteiger partial charge in [0.1, 0.15) is 5.75 Å². The van der Waals surface area contributed by atoms with Gasteiger partial charge in [-0.25, -0.2) is 9.79 Å². The molecule has 9 heteroatoms. The minimum Gasteiger partial charge on any atom is -0.491 e. The van der Waals surface area contributed by atoms with Crippen LogP contribution in [0, 0.1) is 17.0 Å². The Morgan fingerprint density at radius 1 is 1.09 bits per heavy atom. The molecule has 3 aromatic carbocycles. The molecule has 1 aliphatic heterocycles. The predicted molar refractivity (Wildman–Crippen MR) is 136 cm³/mol. The van der Waals surface area contributed by atoms with E-state index in [2.05, 4.69) is 49.0 Å². The van der Waals surface area contributed by atoms with Gasteiger partial charge in [-0.3, -0.25) is 10.1 Å². The lowest BCUT2D eigenvalue weighted by Crippen LogP contribution is -2.06. The van der Waals surface area contributed by atoms with Gasteiger partial charge in [0.2, 0.25) is 5.90 Å². The standard InChI is InChI=1S/C25H18Br2N2O5/c1-15-11-18(7-8-22(15)29(31)32)24-28-21(25(30)34-24)14-17-12-19(26)23(20(27)13-17)33-10-9-16-5-3-2-4-6-16/h2-8,11-14H,9-10H2,1H3/b21-14-. The van der Waals surface area contributed by atoms with Crippen LogP contribution in [0.15, 0.2) is 80.3 Å². The maximum absolute atomic E-state index is 12.4. The highest BCUT2D eigenvalue weighted by Crippen LogP contribution is 2.36. The van der Waals surface area contributed by atoms with Crippen molar-refractivity contribution in [3.05, 3.63) is 108 Å². The maximum Gasteiger partial charge on any atom is 0.363 e. The molecule has 0 N–H and O–H groups in total. The van der Waals surface area contributed by atoms with E-state index in [4.69, 9.17) is 9.47 Å². The van der Waals surface area contributed by atoms with Crippen molar-refractivity contribution in [3.63, 3.8) is 0 Å². The highest BCUT2D eigenvalue weighted by molar-refractivity contribution is 9.11. The summed E-state index contributed by atoms with van der Waals surface area (Å²) >= 11 is 7.07. The summed E-state index contributed by atoms with van der Waals surface area (Å²) in [4.78, 5) is 27.2. The fraction of sp³-hybridized carbons (Fsp3) is 0.120. The van der Waals surface area contributed by atoms with Gasteiger partial charge in [0.25, 0.3) is 5.69 Å². The Labute approximate surface area is 212 Å². The Bertz CT molecular complexity index is 1310. The van der Waals surface area contributed by atoms with Crippen LogP contribution < -0.4 is 4.74 Å². The number of nitro benzene ring substituents is 1. The lowest BCUT2D eigenvalue weighted by atomic mass is 10.1. The summed E-state index contributed by atoms with van der Waals surface area (Å²) in [5.74, 6) is 0.173. The third-order valence-corrected chi connectivity index (χ3v) is 6.24. The van der Waals surface area contributed by atoms with Crippen LogP contribution in [0.4, 0.5) is 5.69 Å². The van der Waals surface area contributed by atoms with Gasteiger partial charge < -0.3 is 9.47 Å². The first-order valence-electron chi connectivity index (χ1n) is 10.3. The minimum atomic E-state index is -0.596. The van der Waals surface area contributed by atoms with Crippen molar-refractivity contribution >= 4 is 55.5 Å². The smallest absolute Gasteiger partial charge is 0.363 e. The molecule has 1 heterocycles. The number of halogens is 2. The van der Waals surface area contributed by atoms with Crippen molar-refractivity contribution in [1.29, 1.82) is 0 Å². The quantitative estimate of drug-likeness (QED) is 0.139. The molecule has 0 aliphatic carbocycles. The number of hydrogen-bond acceptors (Lipinski definition) is 6. The molecule has 0 amide bonds. The third kappa shape index (κ3) is 5.43. The van der Waals surface area contributed by atoms with Crippen molar-refractivity contribution in [3.8, 4) is 5.75 Å². The van der Waals surface area contributed by atoms with E-state index >= 15 is 0 Å². The Hall–Kier alpha value is -3.30. The van der Waals surface area contributed by atoms with Gasteiger partial charge in [-0.1, -0.05) is 30.3 Å². The summed E-state index contributed by atoms with van der Waals surface area (Å²) in [5.41, 5.74) is 2.96.